The van der Waals surface area contributed by atoms with Gasteiger partial charge in [0.1, 0.15) is 0 Å². The number of carbonyl (C=O) groups excluding carboxylic acids is 1. The monoisotopic (exact) mass is 409 g/mol. The number of nitrogens with one attached hydrogen (secondary N) is 1. The maximum atomic E-state index is 11.5. The van der Waals surface area contributed by atoms with Gasteiger partial charge in [0.25, 0.3) is 5.91 Å². The summed E-state index contributed by atoms with van der Waals surface area (Å²) >= 11 is 0. The number of benzene rings is 3. The van der Waals surface area contributed by atoms with E-state index in [4.69, 9.17) is 5.21 Å². The predicted molar refractivity (Wildman–Crippen MR) is 125 cm³/mol. The van der Waals surface area contributed by atoms with Crippen LogP contribution in [0.15, 0.2) is 96.7 Å². The molecule has 4 aromatic rings. The van der Waals surface area contributed by atoms with Gasteiger partial charge >= 0.3 is 0 Å². The van der Waals surface area contributed by atoms with Crippen molar-refractivity contribution in [2.45, 2.75) is 6.92 Å². The van der Waals surface area contributed by atoms with Crippen LogP contribution < -0.4 is 10.4 Å². The normalized spacial score (nSPS) is 11.4. The van der Waals surface area contributed by atoms with Gasteiger partial charge in [-0.3, -0.25) is 15.0 Å². The van der Waals surface area contributed by atoms with Crippen molar-refractivity contribution in [3.8, 4) is 0 Å². The van der Waals surface area contributed by atoms with E-state index in [-0.39, 0.29) is 0 Å². The Morgan fingerprint density at radius 2 is 1.68 bits per heavy atom. The van der Waals surface area contributed by atoms with Gasteiger partial charge in [-0.05, 0) is 48.9 Å². The molecule has 0 unspecified atom stereocenters. The maximum Gasteiger partial charge on any atom is 0.274 e. The molecule has 1 amide bonds. The number of anilines is 2. The van der Waals surface area contributed by atoms with E-state index in [0.29, 0.717) is 12.1 Å². The molecule has 2 N–H and O–H groups in total. The highest BCUT2D eigenvalue weighted by molar-refractivity contribution is 5.93. The molecule has 5 heteroatoms. The van der Waals surface area contributed by atoms with Crippen molar-refractivity contribution in [1.82, 2.24) is 10.5 Å². The SMILES string of the molecule is CC(=Cc1ccc(C(=O)NO)cc1)CN(c1ccccc1)c1cnc2ccccc2c1. The second kappa shape index (κ2) is 9.24. The van der Waals surface area contributed by atoms with Crippen LogP contribution in [0.3, 0.4) is 0 Å². The molecule has 0 fully saturated rings. The molecule has 0 radical (unpaired) electrons. The van der Waals surface area contributed by atoms with E-state index in [0.717, 1.165) is 33.4 Å². The second-order valence-corrected chi connectivity index (χ2v) is 7.36. The topological polar surface area (TPSA) is 65.5 Å². The molecule has 1 heterocycles. The molecule has 0 aliphatic carbocycles. The van der Waals surface area contributed by atoms with Crippen molar-refractivity contribution in [2.75, 3.05) is 11.4 Å². The maximum absolute atomic E-state index is 11.5. The fraction of sp³-hybridized carbons (Fsp3) is 0.0769. The largest absolute Gasteiger partial charge is 0.336 e. The molecule has 0 atom stereocenters. The number of rotatable bonds is 6. The number of hydroxylamine groups is 1. The highest BCUT2D eigenvalue weighted by Crippen LogP contribution is 2.28. The van der Waals surface area contributed by atoms with E-state index in [1.165, 1.54) is 0 Å². The van der Waals surface area contributed by atoms with E-state index in [2.05, 4.69) is 47.1 Å². The smallest absolute Gasteiger partial charge is 0.274 e. The zero-order chi connectivity index (χ0) is 21.6. The van der Waals surface area contributed by atoms with Crippen LogP contribution in [0.4, 0.5) is 11.4 Å². The lowest BCUT2D eigenvalue weighted by Crippen LogP contribution is -2.19. The molecule has 154 valence electrons. The van der Waals surface area contributed by atoms with Crippen molar-refractivity contribution >= 4 is 34.3 Å². The minimum atomic E-state index is -0.522. The first-order valence-electron chi connectivity index (χ1n) is 10.0. The zero-order valence-electron chi connectivity index (χ0n) is 17.2. The van der Waals surface area contributed by atoms with Crippen LogP contribution in [0.2, 0.25) is 0 Å². The van der Waals surface area contributed by atoms with Gasteiger partial charge in [0.15, 0.2) is 0 Å². The van der Waals surface area contributed by atoms with E-state index >= 15 is 0 Å². The standard InChI is InChI=1S/C26H23N3O2/c1-19(15-20-11-13-21(14-12-20)26(30)28-31)18-29(23-8-3-2-4-9-23)24-16-22-7-5-6-10-25(22)27-17-24/h2-17,31H,18H2,1H3,(H,28,30). The number of aromatic nitrogens is 1. The fourth-order valence-corrected chi connectivity index (χ4v) is 3.52. The molecule has 4 rings (SSSR count). The number of amides is 1. The van der Waals surface area contributed by atoms with Crippen LogP contribution in [-0.2, 0) is 0 Å². The molecule has 0 aliphatic rings. The average Bonchev–Trinajstić information content (AvgIpc) is 2.83. The lowest BCUT2D eigenvalue weighted by Gasteiger charge is -2.25. The van der Waals surface area contributed by atoms with Gasteiger partial charge in [0.2, 0.25) is 0 Å². The van der Waals surface area contributed by atoms with Crippen LogP contribution in [0.1, 0.15) is 22.8 Å². The number of carbonyl (C=O) groups is 1. The number of para-hydroxylation sites is 2. The van der Waals surface area contributed by atoms with Gasteiger partial charge in [-0.1, -0.05) is 60.2 Å². The summed E-state index contributed by atoms with van der Waals surface area (Å²) in [5.74, 6) is -0.522. The Balaban J connectivity index is 1.64. The Morgan fingerprint density at radius 1 is 0.968 bits per heavy atom. The van der Waals surface area contributed by atoms with Crippen LogP contribution in [0.25, 0.3) is 17.0 Å². The lowest BCUT2D eigenvalue weighted by molar-refractivity contribution is 0.0706. The molecule has 1 aromatic heterocycles. The minimum Gasteiger partial charge on any atom is -0.336 e. The Hall–Kier alpha value is -3.96. The third kappa shape index (κ3) is 4.79. The number of fused-ring (bicyclic) bond motifs is 1. The predicted octanol–water partition coefficient (Wildman–Crippen LogP) is 5.60. The van der Waals surface area contributed by atoms with E-state index in [9.17, 15) is 4.79 Å². The highest BCUT2D eigenvalue weighted by atomic mass is 16.5. The third-order valence-corrected chi connectivity index (χ3v) is 5.05. The van der Waals surface area contributed by atoms with Crippen LogP contribution in [0, 0.1) is 0 Å². The third-order valence-electron chi connectivity index (χ3n) is 5.05. The summed E-state index contributed by atoms with van der Waals surface area (Å²) < 4.78 is 0. The molecule has 0 saturated heterocycles. The van der Waals surface area contributed by atoms with Gasteiger partial charge in [0.05, 0.1) is 17.4 Å². The van der Waals surface area contributed by atoms with Gasteiger partial charge in [-0.2, -0.15) is 0 Å². The molecular formula is C26H23N3O2. The Bertz CT molecular complexity index is 1220. The van der Waals surface area contributed by atoms with Crippen LogP contribution in [-0.4, -0.2) is 22.6 Å². The first-order valence-corrected chi connectivity index (χ1v) is 10.0. The Morgan fingerprint density at radius 3 is 2.42 bits per heavy atom. The first-order chi connectivity index (χ1) is 15.1. The number of pyridine rings is 1. The molecule has 5 nitrogen and oxygen atoms in total. The highest BCUT2D eigenvalue weighted by Gasteiger charge is 2.11. The van der Waals surface area contributed by atoms with Crippen molar-refractivity contribution in [3.63, 3.8) is 0 Å². The summed E-state index contributed by atoms with van der Waals surface area (Å²) in [6, 6.07) is 27.6. The van der Waals surface area contributed by atoms with E-state index < -0.39 is 5.91 Å². The van der Waals surface area contributed by atoms with Gasteiger partial charge in [-0.25, -0.2) is 5.48 Å². The zero-order valence-corrected chi connectivity index (χ0v) is 17.2. The van der Waals surface area contributed by atoms with Crippen LogP contribution in [0.5, 0.6) is 0 Å². The molecule has 3 aromatic carbocycles. The molecule has 0 aliphatic heterocycles. The number of hydrogen-bond donors (Lipinski definition) is 2. The van der Waals surface area contributed by atoms with E-state index in [1.54, 1.807) is 17.6 Å². The quantitative estimate of drug-likeness (QED) is 0.322. The van der Waals surface area contributed by atoms with Crippen molar-refractivity contribution < 1.29 is 10.0 Å². The van der Waals surface area contributed by atoms with Crippen molar-refractivity contribution in [3.05, 3.63) is 108 Å². The summed E-state index contributed by atoms with van der Waals surface area (Å²) in [6.07, 6.45) is 4.00. The van der Waals surface area contributed by atoms with Gasteiger partial charge in [-0.15, -0.1) is 0 Å². The van der Waals surface area contributed by atoms with Gasteiger partial charge in [0, 0.05) is 23.2 Å². The Kier molecular flexibility index (Phi) is 6.05. The summed E-state index contributed by atoms with van der Waals surface area (Å²) in [6.45, 7) is 2.77. The molecule has 31 heavy (non-hydrogen) atoms. The number of hydrogen-bond acceptors (Lipinski definition) is 4. The van der Waals surface area contributed by atoms with Gasteiger partial charge < -0.3 is 4.90 Å². The average molecular weight is 409 g/mol. The van der Waals surface area contributed by atoms with Crippen molar-refractivity contribution in [2.24, 2.45) is 0 Å². The first kappa shape index (κ1) is 20.3. The lowest BCUT2D eigenvalue weighted by atomic mass is 10.1. The summed E-state index contributed by atoms with van der Waals surface area (Å²) in [5.41, 5.74) is 7.27. The van der Waals surface area contributed by atoms with E-state index in [1.807, 2.05) is 54.7 Å². The second-order valence-electron chi connectivity index (χ2n) is 7.36. The summed E-state index contributed by atoms with van der Waals surface area (Å²) in [5, 5.41) is 9.86. The minimum absolute atomic E-state index is 0.408. The Labute approximate surface area is 181 Å². The van der Waals surface area contributed by atoms with Crippen LogP contribution >= 0.6 is 0 Å². The summed E-state index contributed by atoms with van der Waals surface area (Å²) in [7, 11) is 0. The molecule has 0 spiro atoms. The molecule has 0 saturated carbocycles. The number of nitrogens with zero attached hydrogens (tertiary/aromatic N) is 2. The molecular weight excluding hydrogens is 386 g/mol. The fourth-order valence-electron chi connectivity index (χ4n) is 3.52. The summed E-state index contributed by atoms with van der Waals surface area (Å²) in [4.78, 5) is 18.4. The molecule has 0 bridgehead atoms. The van der Waals surface area contributed by atoms with Crippen molar-refractivity contribution in [1.29, 1.82) is 0 Å².